The second-order valence-electron chi connectivity index (χ2n) is 7.93. The van der Waals surface area contributed by atoms with Crippen LogP contribution in [0.4, 0.5) is 0 Å². The maximum absolute atomic E-state index is 13.1. The van der Waals surface area contributed by atoms with E-state index in [0.717, 1.165) is 16.7 Å². The molecule has 37 heavy (non-hydrogen) atoms. The Morgan fingerprint density at radius 2 is 2.00 bits per heavy atom. The van der Waals surface area contributed by atoms with Gasteiger partial charge in [0.1, 0.15) is 23.4 Å². The molecule has 2 atom stereocenters. The lowest BCUT2D eigenvalue weighted by Crippen LogP contribution is -2.80. The number of esters is 2. The highest BCUT2D eigenvalue weighted by molar-refractivity contribution is 8.00. The van der Waals surface area contributed by atoms with Crippen LogP contribution in [-0.2, 0) is 35.1 Å². The van der Waals surface area contributed by atoms with Gasteiger partial charge < -0.3 is 29.2 Å². The Labute approximate surface area is 213 Å². The fourth-order valence-electron chi connectivity index (χ4n) is 3.81. The molecular weight excluding hydrogens is 510 g/mol. The van der Waals surface area contributed by atoms with Gasteiger partial charge in [-0.25, -0.2) is 9.59 Å². The molecule has 0 radical (unpaired) electrons. The maximum atomic E-state index is 13.1. The van der Waals surface area contributed by atoms with E-state index < -0.39 is 40.8 Å². The van der Waals surface area contributed by atoms with Crippen LogP contribution >= 0.6 is 11.8 Å². The number of rotatable bonds is 9. The Morgan fingerprint density at radius 3 is 2.65 bits per heavy atom. The van der Waals surface area contributed by atoms with Crippen LogP contribution in [0.2, 0.25) is 0 Å². The molecule has 13 nitrogen and oxygen atoms in total. The van der Waals surface area contributed by atoms with Gasteiger partial charge in [0, 0.05) is 31.4 Å². The molecule has 0 unspecified atom stereocenters. The van der Waals surface area contributed by atoms with Gasteiger partial charge >= 0.3 is 17.9 Å². The minimum atomic E-state index is -1.82. The van der Waals surface area contributed by atoms with E-state index in [2.05, 4.69) is 10.5 Å². The Morgan fingerprint density at radius 1 is 1.27 bits per heavy atom. The van der Waals surface area contributed by atoms with E-state index in [1.165, 1.54) is 20.1 Å². The Balaban J connectivity index is 1.43. The number of hydrogen-bond donors (Lipinski definition) is 2. The maximum Gasteiger partial charge on any atom is 0.352 e. The quantitative estimate of drug-likeness (QED) is 0.264. The van der Waals surface area contributed by atoms with E-state index in [0.29, 0.717) is 5.56 Å². The molecule has 2 aromatic rings. The molecule has 1 fully saturated rings. The predicted molar refractivity (Wildman–Crippen MR) is 124 cm³/mol. The Bertz CT molecular complexity index is 1290. The largest absolute Gasteiger partial charge is 0.477 e. The molecule has 0 saturated carbocycles. The number of aromatic nitrogens is 1. The molecule has 2 aliphatic rings. The number of benzene rings is 1. The number of ether oxygens (including phenoxy) is 3. The summed E-state index contributed by atoms with van der Waals surface area (Å²) >= 11 is 1.15. The van der Waals surface area contributed by atoms with Crippen LogP contribution in [0.3, 0.4) is 0 Å². The SMILES string of the molecule is CO[C@@]1(NC(=O)Cc2cc(OC(=O)c3ccccc3)no2)C(=O)N2C(C(=O)O)=C(COC(C)=O)CS[C@@H]21. The van der Waals surface area contributed by atoms with Crippen molar-refractivity contribution in [3.8, 4) is 5.88 Å². The molecule has 3 heterocycles. The predicted octanol–water partition coefficient (Wildman–Crippen LogP) is 0.712. The van der Waals surface area contributed by atoms with E-state index in [-0.39, 0.29) is 41.7 Å². The highest BCUT2D eigenvalue weighted by atomic mass is 32.2. The number of β-lactam (4-membered cyclic amide) rings is 1. The van der Waals surface area contributed by atoms with Gasteiger partial charge in [-0.1, -0.05) is 18.2 Å². The van der Waals surface area contributed by atoms with Crippen LogP contribution in [0, 0.1) is 0 Å². The Kier molecular flexibility index (Phi) is 7.31. The first-order valence-corrected chi connectivity index (χ1v) is 11.8. The van der Waals surface area contributed by atoms with Crippen molar-refractivity contribution >= 4 is 41.5 Å². The van der Waals surface area contributed by atoms with Gasteiger partial charge in [0.25, 0.3) is 17.5 Å². The van der Waals surface area contributed by atoms with E-state index >= 15 is 0 Å². The summed E-state index contributed by atoms with van der Waals surface area (Å²) < 4.78 is 20.5. The molecule has 1 aromatic heterocycles. The van der Waals surface area contributed by atoms with Gasteiger partial charge in [0.05, 0.1) is 12.0 Å². The van der Waals surface area contributed by atoms with E-state index in [1.807, 2.05) is 0 Å². The number of aliphatic carboxylic acids is 1. The molecule has 1 saturated heterocycles. The number of carboxylic acids is 1. The highest BCUT2D eigenvalue weighted by Crippen LogP contribution is 2.46. The van der Waals surface area contributed by atoms with Crippen molar-refractivity contribution in [2.24, 2.45) is 0 Å². The van der Waals surface area contributed by atoms with Crippen molar-refractivity contribution < 1.29 is 47.8 Å². The summed E-state index contributed by atoms with van der Waals surface area (Å²) in [6, 6.07) is 9.47. The number of hydrogen-bond acceptors (Lipinski definition) is 11. The summed E-state index contributed by atoms with van der Waals surface area (Å²) in [6.07, 6.45) is -0.370. The summed E-state index contributed by atoms with van der Waals surface area (Å²) in [4.78, 5) is 62.0. The van der Waals surface area contributed by atoms with Crippen LogP contribution in [0.1, 0.15) is 23.0 Å². The molecule has 1 aromatic carbocycles. The third kappa shape index (κ3) is 5.06. The average Bonchev–Trinajstić information content (AvgIpc) is 3.31. The van der Waals surface area contributed by atoms with Crippen LogP contribution < -0.4 is 10.1 Å². The molecule has 14 heteroatoms. The van der Waals surface area contributed by atoms with Gasteiger partial charge in [0.2, 0.25) is 5.91 Å². The van der Waals surface area contributed by atoms with Crippen LogP contribution in [0.15, 0.2) is 52.2 Å². The third-order valence-corrected chi connectivity index (χ3v) is 6.86. The number of methoxy groups -OCH3 is 1. The number of thioether (sulfide) groups is 1. The van der Waals surface area contributed by atoms with Crippen molar-refractivity contribution in [3.63, 3.8) is 0 Å². The first kappa shape index (κ1) is 25.9. The number of nitrogens with zero attached hydrogens (tertiary/aromatic N) is 2. The molecular formula is C23H21N3O10S. The van der Waals surface area contributed by atoms with E-state index in [4.69, 9.17) is 18.7 Å². The Hall–Kier alpha value is -4.17. The second-order valence-corrected chi connectivity index (χ2v) is 9.00. The highest BCUT2D eigenvalue weighted by Gasteiger charge is 2.66. The number of carbonyl (C=O) groups is 5. The van der Waals surface area contributed by atoms with Gasteiger partial charge in [0.15, 0.2) is 0 Å². The first-order chi connectivity index (χ1) is 17.7. The van der Waals surface area contributed by atoms with Crippen molar-refractivity contribution in [3.05, 3.63) is 59.0 Å². The number of nitrogens with one attached hydrogen (secondary N) is 1. The smallest absolute Gasteiger partial charge is 0.352 e. The zero-order valence-electron chi connectivity index (χ0n) is 19.6. The summed E-state index contributed by atoms with van der Waals surface area (Å²) in [5.41, 5.74) is -1.60. The third-order valence-electron chi connectivity index (χ3n) is 5.49. The fourth-order valence-corrected chi connectivity index (χ4v) is 5.23. The number of amides is 2. The molecule has 2 N–H and O–H groups in total. The van der Waals surface area contributed by atoms with Gasteiger partial charge in [-0.3, -0.25) is 19.3 Å². The van der Waals surface area contributed by atoms with Crippen LogP contribution in [-0.4, -0.2) is 75.5 Å². The second kappa shape index (κ2) is 10.4. The molecule has 2 aliphatic heterocycles. The monoisotopic (exact) mass is 531 g/mol. The summed E-state index contributed by atoms with van der Waals surface area (Å²) in [5.74, 6) is -4.08. The topological polar surface area (TPSA) is 175 Å². The normalized spacial score (nSPS) is 20.5. The van der Waals surface area contributed by atoms with Crippen LogP contribution in [0.5, 0.6) is 5.88 Å². The van der Waals surface area contributed by atoms with E-state index in [9.17, 15) is 29.1 Å². The molecule has 4 rings (SSSR count). The van der Waals surface area contributed by atoms with Crippen molar-refractivity contribution in [1.82, 2.24) is 15.4 Å². The fraction of sp³-hybridized carbons (Fsp3) is 0.304. The zero-order valence-corrected chi connectivity index (χ0v) is 20.4. The first-order valence-electron chi connectivity index (χ1n) is 10.8. The van der Waals surface area contributed by atoms with Crippen LogP contribution in [0.25, 0.3) is 0 Å². The standard InChI is InChI=1S/C23H21N3O10S/c1-12(27)34-10-14-11-37-22-23(33-2,21(32)26(22)18(14)19(29)30)24-16(28)8-15-9-17(25-36-15)35-20(31)13-6-4-3-5-7-13/h3-7,9,22H,8,10-11H2,1-2H3,(H,24,28)(H,29,30)/t22-,23+/m1/s1. The molecule has 0 aliphatic carbocycles. The van der Waals surface area contributed by atoms with Crippen molar-refractivity contribution in [2.75, 3.05) is 19.5 Å². The lowest BCUT2D eigenvalue weighted by molar-refractivity contribution is -0.192. The minimum absolute atomic E-state index is 0.0503. The molecule has 0 spiro atoms. The van der Waals surface area contributed by atoms with Gasteiger partial charge in [-0.15, -0.1) is 11.8 Å². The summed E-state index contributed by atoms with van der Waals surface area (Å²) in [6.45, 7) is 0.903. The molecule has 194 valence electrons. The number of carbonyl (C=O) groups excluding carboxylic acids is 4. The van der Waals surface area contributed by atoms with E-state index in [1.54, 1.807) is 30.3 Å². The zero-order chi connectivity index (χ0) is 26.7. The minimum Gasteiger partial charge on any atom is -0.477 e. The van der Waals surface area contributed by atoms with Gasteiger partial charge in [-0.05, 0) is 17.3 Å². The lowest BCUT2D eigenvalue weighted by atomic mass is 9.98. The summed E-state index contributed by atoms with van der Waals surface area (Å²) in [5, 5.41) is 14.9. The number of carboxylic acid groups (broad SMARTS) is 1. The average molecular weight is 531 g/mol. The molecule has 2 amide bonds. The number of fused-ring (bicyclic) bond motifs is 1. The lowest BCUT2D eigenvalue weighted by Gasteiger charge is -2.55. The van der Waals surface area contributed by atoms with Crippen molar-refractivity contribution in [2.45, 2.75) is 24.4 Å². The molecule has 0 bridgehead atoms. The van der Waals surface area contributed by atoms with Crippen molar-refractivity contribution in [1.29, 1.82) is 0 Å². The summed E-state index contributed by atoms with van der Waals surface area (Å²) in [7, 11) is 1.21. The van der Waals surface area contributed by atoms with Gasteiger partial charge in [-0.2, -0.15) is 0 Å².